The third-order valence-electron chi connectivity index (χ3n) is 8.91. The number of fused-ring (bicyclic) bond motifs is 8. The van der Waals surface area contributed by atoms with Gasteiger partial charge in [0.25, 0.3) is 0 Å². The largest absolute Gasteiger partial charge is 0.310 e. The molecular formula is C42H28N2. The van der Waals surface area contributed by atoms with Gasteiger partial charge in [-0.15, -0.1) is 0 Å². The van der Waals surface area contributed by atoms with Gasteiger partial charge in [0, 0.05) is 33.2 Å². The van der Waals surface area contributed by atoms with E-state index in [0.717, 1.165) is 22.7 Å². The second-order valence-corrected chi connectivity index (χ2v) is 11.4. The number of nitrogens with zero attached hydrogens (tertiary/aromatic N) is 2. The molecule has 0 unspecified atom stereocenters. The van der Waals surface area contributed by atoms with Crippen LogP contribution < -0.4 is 4.90 Å². The van der Waals surface area contributed by atoms with Crippen LogP contribution in [0, 0.1) is 0 Å². The Morgan fingerprint density at radius 2 is 0.977 bits per heavy atom. The van der Waals surface area contributed by atoms with Crippen LogP contribution in [0.25, 0.3) is 59.8 Å². The molecule has 0 radical (unpaired) electrons. The lowest BCUT2D eigenvalue weighted by Crippen LogP contribution is -2.10. The zero-order chi connectivity index (χ0) is 29.0. The highest BCUT2D eigenvalue weighted by molar-refractivity contribution is 6.23. The predicted molar refractivity (Wildman–Crippen MR) is 188 cm³/mol. The second-order valence-electron chi connectivity index (χ2n) is 11.4. The van der Waals surface area contributed by atoms with Crippen molar-refractivity contribution >= 4 is 71.2 Å². The van der Waals surface area contributed by atoms with Crippen LogP contribution in [-0.4, -0.2) is 4.57 Å². The smallest absolute Gasteiger partial charge is 0.0561 e. The molecule has 0 bridgehead atoms. The molecule has 9 rings (SSSR count). The van der Waals surface area contributed by atoms with Crippen LogP contribution in [-0.2, 0) is 0 Å². The number of para-hydroxylation sites is 3. The first kappa shape index (κ1) is 24.7. The van der Waals surface area contributed by atoms with E-state index in [4.69, 9.17) is 0 Å². The summed E-state index contributed by atoms with van der Waals surface area (Å²) >= 11 is 0. The topological polar surface area (TPSA) is 8.17 Å². The van der Waals surface area contributed by atoms with E-state index in [1.54, 1.807) is 0 Å². The third-order valence-corrected chi connectivity index (χ3v) is 8.91. The zero-order valence-electron chi connectivity index (χ0n) is 24.1. The first-order valence-electron chi connectivity index (χ1n) is 15.1. The molecule has 0 aliphatic rings. The molecule has 0 atom stereocenters. The van der Waals surface area contributed by atoms with Gasteiger partial charge in [0.05, 0.1) is 16.7 Å². The van der Waals surface area contributed by atoms with Crippen molar-refractivity contribution in [2.24, 2.45) is 0 Å². The minimum Gasteiger partial charge on any atom is -0.310 e. The van der Waals surface area contributed by atoms with Gasteiger partial charge in [-0.3, -0.25) is 0 Å². The third kappa shape index (κ3) is 3.75. The number of aromatic nitrogens is 1. The van der Waals surface area contributed by atoms with E-state index in [1.807, 2.05) is 0 Å². The van der Waals surface area contributed by atoms with Gasteiger partial charge in [-0.1, -0.05) is 121 Å². The van der Waals surface area contributed by atoms with Gasteiger partial charge in [0.2, 0.25) is 0 Å². The SMILES string of the molecule is c1ccc(N(c2ccc3c4ccccc4n(-c4ccccc4)c3c2)c2cc3ccc4ccccc4c3c3ccccc23)cc1. The highest BCUT2D eigenvalue weighted by Gasteiger charge is 2.20. The van der Waals surface area contributed by atoms with Crippen LogP contribution in [0.1, 0.15) is 0 Å². The molecule has 1 heterocycles. The van der Waals surface area contributed by atoms with Gasteiger partial charge in [-0.25, -0.2) is 0 Å². The molecule has 2 heteroatoms. The summed E-state index contributed by atoms with van der Waals surface area (Å²) in [4.78, 5) is 2.42. The Hall–Kier alpha value is -5.86. The molecule has 0 saturated carbocycles. The number of rotatable bonds is 4. The molecule has 44 heavy (non-hydrogen) atoms. The van der Waals surface area contributed by atoms with Crippen molar-refractivity contribution in [1.82, 2.24) is 4.57 Å². The van der Waals surface area contributed by atoms with Crippen LogP contribution in [0.15, 0.2) is 170 Å². The zero-order valence-corrected chi connectivity index (χ0v) is 24.1. The van der Waals surface area contributed by atoms with Crippen LogP contribution in [0.4, 0.5) is 17.1 Å². The van der Waals surface area contributed by atoms with E-state index in [2.05, 4.69) is 179 Å². The fraction of sp³-hybridized carbons (Fsp3) is 0. The number of benzene rings is 8. The summed E-state index contributed by atoms with van der Waals surface area (Å²) in [5, 5.41) is 10.1. The first-order chi connectivity index (χ1) is 21.8. The van der Waals surface area contributed by atoms with E-state index in [1.165, 1.54) is 54.1 Å². The van der Waals surface area contributed by atoms with E-state index in [9.17, 15) is 0 Å². The summed E-state index contributed by atoms with van der Waals surface area (Å²) in [5.41, 5.74) is 6.96. The van der Waals surface area contributed by atoms with E-state index in [0.29, 0.717) is 0 Å². The van der Waals surface area contributed by atoms with Gasteiger partial charge >= 0.3 is 0 Å². The quantitative estimate of drug-likeness (QED) is 0.194. The Balaban J connectivity index is 1.37. The van der Waals surface area contributed by atoms with E-state index < -0.39 is 0 Å². The molecular weight excluding hydrogens is 532 g/mol. The monoisotopic (exact) mass is 560 g/mol. The highest BCUT2D eigenvalue weighted by Crippen LogP contribution is 2.45. The normalized spacial score (nSPS) is 11.6. The molecule has 9 aromatic rings. The lowest BCUT2D eigenvalue weighted by molar-refractivity contribution is 1.18. The summed E-state index contributed by atoms with van der Waals surface area (Å²) in [6.07, 6.45) is 0. The van der Waals surface area contributed by atoms with Crippen LogP contribution >= 0.6 is 0 Å². The molecule has 0 spiro atoms. The van der Waals surface area contributed by atoms with E-state index >= 15 is 0 Å². The van der Waals surface area contributed by atoms with Crippen molar-refractivity contribution in [2.45, 2.75) is 0 Å². The first-order valence-corrected chi connectivity index (χ1v) is 15.1. The Kier molecular flexibility index (Phi) is 5.54. The maximum absolute atomic E-state index is 2.42. The minimum absolute atomic E-state index is 1.12. The van der Waals surface area contributed by atoms with Gasteiger partial charge in [0.15, 0.2) is 0 Å². The van der Waals surface area contributed by atoms with Crippen LogP contribution in [0.2, 0.25) is 0 Å². The fourth-order valence-electron chi connectivity index (χ4n) is 7.00. The molecule has 0 fully saturated rings. The van der Waals surface area contributed by atoms with Crippen molar-refractivity contribution in [3.63, 3.8) is 0 Å². The molecule has 8 aromatic carbocycles. The van der Waals surface area contributed by atoms with Crippen molar-refractivity contribution < 1.29 is 0 Å². The number of hydrogen-bond acceptors (Lipinski definition) is 1. The number of hydrogen-bond donors (Lipinski definition) is 0. The standard InChI is InChI=1S/C42H28N2/c1-3-14-31(15-4-1)43(40-27-30-24-23-29-13-7-8-18-34(29)42(30)38-21-10-9-20-36(38)40)33-25-26-37-35-19-11-12-22-39(35)44(41(37)28-33)32-16-5-2-6-17-32/h1-28H. The highest BCUT2D eigenvalue weighted by atomic mass is 15.1. The van der Waals surface area contributed by atoms with Crippen LogP contribution in [0.3, 0.4) is 0 Å². The Labute approximate surface area is 255 Å². The average Bonchev–Trinajstić information content (AvgIpc) is 3.43. The molecule has 0 aliphatic heterocycles. The van der Waals surface area contributed by atoms with Crippen molar-refractivity contribution in [1.29, 1.82) is 0 Å². The summed E-state index contributed by atoms with van der Waals surface area (Å²) in [6, 6.07) is 61.5. The van der Waals surface area contributed by atoms with Gasteiger partial charge in [-0.05, 0) is 75.5 Å². The second kappa shape index (κ2) is 9.86. The Morgan fingerprint density at radius 3 is 1.80 bits per heavy atom. The summed E-state index contributed by atoms with van der Waals surface area (Å²) in [6.45, 7) is 0. The summed E-state index contributed by atoms with van der Waals surface area (Å²) in [7, 11) is 0. The van der Waals surface area contributed by atoms with Crippen molar-refractivity contribution in [3.05, 3.63) is 170 Å². The maximum atomic E-state index is 2.42. The fourth-order valence-corrected chi connectivity index (χ4v) is 7.00. The predicted octanol–water partition coefficient (Wildman–Crippen LogP) is 11.7. The molecule has 2 nitrogen and oxygen atoms in total. The Morgan fingerprint density at radius 1 is 0.364 bits per heavy atom. The molecule has 0 N–H and O–H groups in total. The van der Waals surface area contributed by atoms with Crippen molar-refractivity contribution in [3.8, 4) is 5.69 Å². The lowest BCUT2D eigenvalue weighted by atomic mass is 9.94. The average molecular weight is 561 g/mol. The molecule has 0 aliphatic carbocycles. The lowest BCUT2D eigenvalue weighted by Gasteiger charge is -2.28. The summed E-state index contributed by atoms with van der Waals surface area (Å²) < 4.78 is 2.39. The summed E-state index contributed by atoms with van der Waals surface area (Å²) in [5.74, 6) is 0. The van der Waals surface area contributed by atoms with Crippen molar-refractivity contribution in [2.75, 3.05) is 4.90 Å². The molecule has 0 amide bonds. The number of anilines is 3. The van der Waals surface area contributed by atoms with Gasteiger partial charge in [0.1, 0.15) is 0 Å². The minimum atomic E-state index is 1.12. The molecule has 206 valence electrons. The molecule has 0 saturated heterocycles. The van der Waals surface area contributed by atoms with Crippen LogP contribution in [0.5, 0.6) is 0 Å². The maximum Gasteiger partial charge on any atom is 0.0561 e. The van der Waals surface area contributed by atoms with Gasteiger partial charge in [-0.2, -0.15) is 0 Å². The van der Waals surface area contributed by atoms with E-state index in [-0.39, 0.29) is 0 Å². The Bertz CT molecular complexity index is 2490. The molecule has 1 aromatic heterocycles. The van der Waals surface area contributed by atoms with Gasteiger partial charge < -0.3 is 9.47 Å².